The van der Waals surface area contributed by atoms with Crippen LogP contribution in [0, 0.1) is 22.7 Å². The standard InChI is InChI=1S/C14H14N2/c15-9-11-3-1-5-13(7-11)14-6-2-4-12(8-14)10-16/h7-8H,1-6H2/b14-13+. The van der Waals surface area contributed by atoms with Crippen molar-refractivity contribution in [1.82, 2.24) is 0 Å². The van der Waals surface area contributed by atoms with Gasteiger partial charge in [0.05, 0.1) is 12.1 Å². The first-order chi connectivity index (χ1) is 7.83. The van der Waals surface area contributed by atoms with E-state index < -0.39 is 0 Å². The minimum atomic E-state index is 0.881. The largest absolute Gasteiger partial charge is 0.193 e. The predicted octanol–water partition coefficient (Wildman–Crippen LogP) is 3.55. The molecule has 2 nitrogen and oxygen atoms in total. The van der Waals surface area contributed by atoms with Crippen molar-refractivity contribution >= 4 is 0 Å². The minimum absolute atomic E-state index is 0.881. The summed E-state index contributed by atoms with van der Waals surface area (Å²) in [7, 11) is 0. The van der Waals surface area contributed by atoms with Crippen LogP contribution < -0.4 is 0 Å². The molecule has 0 saturated carbocycles. The van der Waals surface area contributed by atoms with E-state index >= 15 is 0 Å². The first-order valence-corrected chi connectivity index (χ1v) is 5.77. The summed E-state index contributed by atoms with van der Waals surface area (Å²) in [5.74, 6) is 0. The molecule has 80 valence electrons. The van der Waals surface area contributed by atoms with E-state index in [0.29, 0.717) is 0 Å². The van der Waals surface area contributed by atoms with Crippen molar-refractivity contribution in [3.8, 4) is 12.1 Å². The molecule has 2 aliphatic carbocycles. The van der Waals surface area contributed by atoms with E-state index in [-0.39, 0.29) is 0 Å². The van der Waals surface area contributed by atoms with Crippen LogP contribution in [0.15, 0.2) is 34.4 Å². The van der Waals surface area contributed by atoms with Crippen LogP contribution in [-0.2, 0) is 0 Å². The Hall–Kier alpha value is -1.80. The second kappa shape index (κ2) is 4.81. The van der Waals surface area contributed by atoms with Crippen LogP contribution in [0.25, 0.3) is 0 Å². The van der Waals surface area contributed by atoms with Crippen molar-refractivity contribution in [2.75, 3.05) is 0 Å². The second-order valence-corrected chi connectivity index (χ2v) is 4.32. The Morgan fingerprint density at radius 1 is 0.750 bits per heavy atom. The third-order valence-corrected chi connectivity index (χ3v) is 3.18. The van der Waals surface area contributed by atoms with Crippen molar-refractivity contribution < 1.29 is 0 Å². The van der Waals surface area contributed by atoms with Gasteiger partial charge in [-0.1, -0.05) is 0 Å². The summed E-state index contributed by atoms with van der Waals surface area (Å²) in [6, 6.07) is 4.48. The minimum Gasteiger partial charge on any atom is -0.193 e. The molecule has 0 bridgehead atoms. The third-order valence-electron chi connectivity index (χ3n) is 3.18. The maximum atomic E-state index is 8.90. The Bertz CT molecular complexity index is 420. The molecule has 0 N–H and O–H groups in total. The molecule has 0 saturated heterocycles. The van der Waals surface area contributed by atoms with Gasteiger partial charge in [-0.05, 0) is 61.8 Å². The van der Waals surface area contributed by atoms with Crippen LogP contribution in [-0.4, -0.2) is 0 Å². The summed E-state index contributed by atoms with van der Waals surface area (Å²) < 4.78 is 0. The zero-order chi connectivity index (χ0) is 11.4. The molecule has 0 amide bonds. The normalized spacial score (nSPS) is 25.1. The van der Waals surface area contributed by atoms with Crippen molar-refractivity contribution in [3.05, 3.63) is 34.4 Å². The smallest absolute Gasteiger partial charge is 0.0947 e. The topological polar surface area (TPSA) is 47.6 Å². The Labute approximate surface area is 96.2 Å². The summed E-state index contributed by atoms with van der Waals surface area (Å²) in [5, 5.41) is 17.8. The summed E-state index contributed by atoms with van der Waals surface area (Å²) in [6.07, 6.45) is 10.1. The predicted molar refractivity (Wildman–Crippen MR) is 62.1 cm³/mol. The van der Waals surface area contributed by atoms with Gasteiger partial charge in [-0.2, -0.15) is 10.5 Å². The van der Waals surface area contributed by atoms with Crippen molar-refractivity contribution in [2.45, 2.75) is 38.5 Å². The average molecular weight is 210 g/mol. The van der Waals surface area contributed by atoms with Gasteiger partial charge in [0, 0.05) is 11.1 Å². The van der Waals surface area contributed by atoms with Gasteiger partial charge in [0.1, 0.15) is 0 Å². The van der Waals surface area contributed by atoms with E-state index in [4.69, 9.17) is 10.5 Å². The third kappa shape index (κ3) is 2.23. The average Bonchev–Trinajstić information content (AvgIpc) is 2.39. The molecule has 2 rings (SSSR count). The van der Waals surface area contributed by atoms with Crippen molar-refractivity contribution in [3.63, 3.8) is 0 Å². The van der Waals surface area contributed by atoms with Crippen LogP contribution in [0.2, 0.25) is 0 Å². The van der Waals surface area contributed by atoms with Gasteiger partial charge >= 0.3 is 0 Å². The van der Waals surface area contributed by atoms with Gasteiger partial charge in [0.2, 0.25) is 0 Å². The molecule has 0 spiro atoms. The first-order valence-electron chi connectivity index (χ1n) is 5.77. The number of nitrogens with zero attached hydrogens (tertiary/aromatic N) is 2. The highest BCUT2D eigenvalue weighted by Gasteiger charge is 2.14. The lowest BCUT2D eigenvalue weighted by Gasteiger charge is -2.17. The highest BCUT2D eigenvalue weighted by Crippen LogP contribution is 2.30. The van der Waals surface area contributed by atoms with Crippen LogP contribution in [0.5, 0.6) is 0 Å². The molecule has 0 aromatic carbocycles. The monoisotopic (exact) mass is 210 g/mol. The molecule has 0 atom stereocenters. The number of hydrogen-bond acceptors (Lipinski definition) is 2. The molecule has 16 heavy (non-hydrogen) atoms. The number of allylic oxidation sites excluding steroid dienone is 6. The fourth-order valence-corrected chi connectivity index (χ4v) is 2.33. The van der Waals surface area contributed by atoms with Gasteiger partial charge in [-0.3, -0.25) is 0 Å². The number of nitriles is 2. The maximum absolute atomic E-state index is 8.90. The van der Waals surface area contributed by atoms with Crippen LogP contribution in [0.4, 0.5) is 0 Å². The van der Waals surface area contributed by atoms with Gasteiger partial charge in [-0.15, -0.1) is 0 Å². The SMILES string of the molecule is N#CC1=C/C(=C2/C=C(C#N)CCC2)CCC1. The summed E-state index contributed by atoms with van der Waals surface area (Å²) in [6.45, 7) is 0. The van der Waals surface area contributed by atoms with Gasteiger partial charge < -0.3 is 0 Å². The lowest BCUT2D eigenvalue weighted by molar-refractivity contribution is 0.756. The Kier molecular flexibility index (Phi) is 3.22. The molecule has 0 aliphatic heterocycles. The Morgan fingerprint density at radius 2 is 1.19 bits per heavy atom. The number of rotatable bonds is 0. The Morgan fingerprint density at radius 3 is 1.56 bits per heavy atom. The molecule has 0 fully saturated rings. The molecule has 0 aromatic heterocycles. The van der Waals surface area contributed by atoms with Crippen molar-refractivity contribution in [1.29, 1.82) is 10.5 Å². The lowest BCUT2D eigenvalue weighted by Crippen LogP contribution is -2.00. The molecule has 2 aliphatic rings. The Balaban J connectivity index is 2.35. The highest BCUT2D eigenvalue weighted by molar-refractivity contribution is 5.44. The van der Waals surface area contributed by atoms with E-state index in [0.717, 1.165) is 49.7 Å². The van der Waals surface area contributed by atoms with E-state index in [1.807, 2.05) is 12.2 Å². The fourth-order valence-electron chi connectivity index (χ4n) is 2.33. The van der Waals surface area contributed by atoms with Crippen LogP contribution in [0.1, 0.15) is 38.5 Å². The molecule has 0 unspecified atom stereocenters. The summed E-state index contributed by atoms with van der Waals surface area (Å²) >= 11 is 0. The second-order valence-electron chi connectivity index (χ2n) is 4.32. The first kappa shape index (κ1) is 10.7. The van der Waals surface area contributed by atoms with Gasteiger partial charge in [0.25, 0.3) is 0 Å². The lowest BCUT2D eigenvalue weighted by atomic mass is 9.87. The molecular weight excluding hydrogens is 196 g/mol. The number of hydrogen-bond donors (Lipinski definition) is 0. The summed E-state index contributed by atoms with van der Waals surface area (Å²) in [4.78, 5) is 0. The zero-order valence-electron chi connectivity index (χ0n) is 9.29. The molecule has 0 heterocycles. The van der Waals surface area contributed by atoms with E-state index in [9.17, 15) is 0 Å². The van der Waals surface area contributed by atoms with Crippen LogP contribution >= 0.6 is 0 Å². The van der Waals surface area contributed by atoms with Crippen LogP contribution in [0.3, 0.4) is 0 Å². The molecule has 2 heteroatoms. The molecule has 0 radical (unpaired) electrons. The van der Waals surface area contributed by atoms with Gasteiger partial charge in [-0.25, -0.2) is 0 Å². The van der Waals surface area contributed by atoms with E-state index in [2.05, 4.69) is 12.1 Å². The zero-order valence-corrected chi connectivity index (χ0v) is 9.29. The van der Waals surface area contributed by atoms with E-state index in [1.165, 1.54) is 11.1 Å². The molecular formula is C14H14N2. The fraction of sp³-hybridized carbons (Fsp3) is 0.429. The maximum Gasteiger partial charge on any atom is 0.0947 e. The van der Waals surface area contributed by atoms with Crippen molar-refractivity contribution in [2.24, 2.45) is 0 Å². The highest BCUT2D eigenvalue weighted by atomic mass is 14.3. The molecule has 0 aromatic rings. The quantitative estimate of drug-likeness (QED) is 0.613. The summed E-state index contributed by atoms with van der Waals surface area (Å²) in [5.41, 5.74) is 4.31. The van der Waals surface area contributed by atoms with Gasteiger partial charge in [0.15, 0.2) is 0 Å². The van der Waals surface area contributed by atoms with E-state index in [1.54, 1.807) is 0 Å².